The van der Waals surface area contributed by atoms with Crippen LogP contribution in [0.3, 0.4) is 0 Å². The lowest BCUT2D eigenvalue weighted by Crippen LogP contribution is -2.19. The predicted octanol–water partition coefficient (Wildman–Crippen LogP) is 3.44. The van der Waals surface area contributed by atoms with Crippen molar-refractivity contribution in [3.63, 3.8) is 0 Å². The Labute approximate surface area is 139 Å². The van der Waals surface area contributed by atoms with E-state index in [0.29, 0.717) is 11.5 Å². The summed E-state index contributed by atoms with van der Waals surface area (Å²) < 4.78 is 5.50. The van der Waals surface area contributed by atoms with Crippen molar-refractivity contribution in [2.24, 2.45) is 5.10 Å². The largest absolute Gasteiger partial charge is 0.460 e. The fourth-order valence-corrected chi connectivity index (χ4v) is 2.19. The van der Waals surface area contributed by atoms with E-state index in [1.54, 1.807) is 6.07 Å². The SMILES string of the molecule is C/C(=N/NC(=O)c1cc(-c2ccc(C)o2)[nH]n1)c1ccc(C)cc1. The molecule has 0 atom stereocenters. The Kier molecular flexibility index (Phi) is 4.29. The molecule has 0 radical (unpaired) electrons. The van der Waals surface area contributed by atoms with Crippen molar-refractivity contribution in [2.75, 3.05) is 0 Å². The number of aromatic amines is 1. The molecule has 0 spiro atoms. The Hall–Kier alpha value is -3.15. The van der Waals surface area contributed by atoms with E-state index in [0.717, 1.165) is 17.0 Å². The van der Waals surface area contributed by atoms with E-state index >= 15 is 0 Å². The maximum absolute atomic E-state index is 12.2. The summed E-state index contributed by atoms with van der Waals surface area (Å²) in [6.45, 7) is 5.72. The summed E-state index contributed by atoms with van der Waals surface area (Å²) in [6, 6.07) is 13.2. The van der Waals surface area contributed by atoms with E-state index in [1.807, 2.05) is 57.2 Å². The van der Waals surface area contributed by atoms with E-state index in [9.17, 15) is 4.79 Å². The third kappa shape index (κ3) is 3.43. The van der Waals surface area contributed by atoms with Crippen LogP contribution in [0.5, 0.6) is 0 Å². The first-order valence-corrected chi connectivity index (χ1v) is 7.57. The van der Waals surface area contributed by atoms with Gasteiger partial charge in [0.25, 0.3) is 5.91 Å². The minimum absolute atomic E-state index is 0.250. The number of rotatable bonds is 4. The lowest BCUT2D eigenvalue weighted by Gasteiger charge is -2.02. The molecule has 2 aromatic heterocycles. The molecule has 2 heterocycles. The number of aryl methyl sites for hydroxylation is 2. The number of hydrogen-bond donors (Lipinski definition) is 2. The van der Waals surface area contributed by atoms with Crippen molar-refractivity contribution in [1.29, 1.82) is 0 Å². The highest BCUT2D eigenvalue weighted by Crippen LogP contribution is 2.20. The first-order chi connectivity index (χ1) is 11.5. The third-order valence-corrected chi connectivity index (χ3v) is 3.61. The summed E-state index contributed by atoms with van der Waals surface area (Å²) in [5.74, 6) is 1.05. The topological polar surface area (TPSA) is 83.3 Å². The van der Waals surface area contributed by atoms with Crippen LogP contribution in [0.2, 0.25) is 0 Å². The first kappa shape index (κ1) is 15.7. The highest BCUT2D eigenvalue weighted by Gasteiger charge is 2.13. The van der Waals surface area contributed by atoms with Crippen molar-refractivity contribution in [1.82, 2.24) is 15.6 Å². The minimum atomic E-state index is -0.382. The van der Waals surface area contributed by atoms with Gasteiger partial charge in [0.2, 0.25) is 0 Å². The molecule has 0 saturated carbocycles. The minimum Gasteiger partial charge on any atom is -0.460 e. The summed E-state index contributed by atoms with van der Waals surface area (Å²) in [7, 11) is 0. The lowest BCUT2D eigenvalue weighted by atomic mass is 10.1. The summed E-state index contributed by atoms with van der Waals surface area (Å²) in [4.78, 5) is 12.2. The van der Waals surface area contributed by atoms with Crippen LogP contribution in [0.1, 0.15) is 34.3 Å². The average Bonchev–Trinajstić information content (AvgIpc) is 3.22. The maximum atomic E-state index is 12.2. The Morgan fingerprint density at radius 1 is 1.17 bits per heavy atom. The highest BCUT2D eigenvalue weighted by atomic mass is 16.3. The fraction of sp³-hybridized carbons (Fsp3) is 0.167. The van der Waals surface area contributed by atoms with Crippen LogP contribution in [0, 0.1) is 13.8 Å². The van der Waals surface area contributed by atoms with Crippen LogP contribution < -0.4 is 5.43 Å². The summed E-state index contributed by atoms with van der Waals surface area (Å²) in [6.07, 6.45) is 0. The quantitative estimate of drug-likeness (QED) is 0.570. The molecule has 122 valence electrons. The number of amides is 1. The summed E-state index contributed by atoms with van der Waals surface area (Å²) >= 11 is 0. The van der Waals surface area contributed by atoms with Crippen LogP contribution in [-0.2, 0) is 0 Å². The average molecular weight is 322 g/mol. The van der Waals surface area contributed by atoms with E-state index in [1.165, 1.54) is 5.56 Å². The van der Waals surface area contributed by atoms with E-state index in [4.69, 9.17) is 4.42 Å². The molecule has 3 aromatic rings. The molecule has 6 nitrogen and oxygen atoms in total. The number of carbonyl (C=O) groups excluding carboxylic acids is 1. The van der Waals surface area contributed by atoms with Gasteiger partial charge in [-0.15, -0.1) is 0 Å². The van der Waals surface area contributed by atoms with Gasteiger partial charge < -0.3 is 4.42 Å². The number of H-pyrrole nitrogens is 1. The van der Waals surface area contributed by atoms with Crippen LogP contribution in [0.4, 0.5) is 0 Å². The molecule has 3 rings (SSSR count). The molecule has 0 bridgehead atoms. The molecular formula is C18H18N4O2. The van der Waals surface area contributed by atoms with Gasteiger partial charge in [-0.1, -0.05) is 29.8 Å². The molecule has 6 heteroatoms. The van der Waals surface area contributed by atoms with Crippen molar-refractivity contribution in [3.8, 4) is 11.5 Å². The van der Waals surface area contributed by atoms with Crippen LogP contribution in [0.15, 0.2) is 52.0 Å². The van der Waals surface area contributed by atoms with Gasteiger partial charge in [0.1, 0.15) is 11.5 Å². The molecule has 2 N–H and O–H groups in total. The Balaban J connectivity index is 1.70. The highest BCUT2D eigenvalue weighted by molar-refractivity contribution is 6.00. The molecule has 1 amide bonds. The number of carbonyl (C=O) groups is 1. The lowest BCUT2D eigenvalue weighted by molar-refractivity contribution is 0.0950. The van der Waals surface area contributed by atoms with Gasteiger partial charge in [-0.25, -0.2) is 5.43 Å². The van der Waals surface area contributed by atoms with Gasteiger partial charge in [0, 0.05) is 6.07 Å². The zero-order chi connectivity index (χ0) is 17.1. The van der Waals surface area contributed by atoms with Gasteiger partial charge >= 0.3 is 0 Å². The number of nitrogens with one attached hydrogen (secondary N) is 2. The predicted molar refractivity (Wildman–Crippen MR) is 91.9 cm³/mol. The number of hydrogen-bond acceptors (Lipinski definition) is 4. The molecule has 0 aliphatic heterocycles. The summed E-state index contributed by atoms with van der Waals surface area (Å²) in [5, 5.41) is 10.9. The maximum Gasteiger partial charge on any atom is 0.291 e. The second-order valence-corrected chi connectivity index (χ2v) is 5.58. The van der Waals surface area contributed by atoms with Crippen molar-refractivity contribution >= 4 is 11.6 Å². The van der Waals surface area contributed by atoms with Crippen molar-refractivity contribution in [3.05, 3.63) is 65.0 Å². The molecule has 0 unspecified atom stereocenters. The number of nitrogens with zero attached hydrogens (tertiary/aromatic N) is 2. The third-order valence-electron chi connectivity index (χ3n) is 3.61. The van der Waals surface area contributed by atoms with E-state index in [2.05, 4.69) is 20.7 Å². The van der Waals surface area contributed by atoms with Crippen LogP contribution in [0.25, 0.3) is 11.5 Å². The smallest absolute Gasteiger partial charge is 0.291 e. The van der Waals surface area contributed by atoms with E-state index < -0.39 is 0 Å². The molecule has 0 fully saturated rings. The standard InChI is InChI=1S/C18H18N4O2/c1-11-4-7-14(8-5-11)13(3)19-22-18(23)16-10-15(20-21-16)17-9-6-12(2)24-17/h4-10H,1-3H3,(H,20,21)(H,22,23)/b19-13-. The van der Waals surface area contributed by atoms with Crippen LogP contribution in [-0.4, -0.2) is 21.8 Å². The second kappa shape index (κ2) is 6.54. The second-order valence-electron chi connectivity index (χ2n) is 5.58. The van der Waals surface area contributed by atoms with Gasteiger partial charge in [0.15, 0.2) is 11.5 Å². The molecular weight excluding hydrogens is 304 g/mol. The molecule has 1 aromatic carbocycles. The summed E-state index contributed by atoms with van der Waals surface area (Å²) in [5.41, 5.74) is 6.26. The zero-order valence-electron chi connectivity index (χ0n) is 13.8. The molecule has 0 aliphatic rings. The van der Waals surface area contributed by atoms with Crippen molar-refractivity contribution < 1.29 is 9.21 Å². The van der Waals surface area contributed by atoms with Gasteiger partial charge in [0.05, 0.1) is 5.71 Å². The van der Waals surface area contributed by atoms with E-state index in [-0.39, 0.29) is 11.6 Å². The van der Waals surface area contributed by atoms with Crippen LogP contribution >= 0.6 is 0 Å². The van der Waals surface area contributed by atoms with Gasteiger partial charge in [-0.3, -0.25) is 9.89 Å². The number of furan rings is 1. The fourth-order valence-electron chi connectivity index (χ4n) is 2.19. The van der Waals surface area contributed by atoms with Gasteiger partial charge in [-0.2, -0.15) is 10.2 Å². The Morgan fingerprint density at radius 3 is 2.58 bits per heavy atom. The number of benzene rings is 1. The Bertz CT molecular complexity index is 888. The zero-order valence-corrected chi connectivity index (χ0v) is 13.8. The normalized spacial score (nSPS) is 11.5. The number of aromatic nitrogens is 2. The first-order valence-electron chi connectivity index (χ1n) is 7.57. The molecule has 0 aliphatic carbocycles. The number of hydrazone groups is 1. The molecule has 0 saturated heterocycles. The van der Waals surface area contributed by atoms with Crippen molar-refractivity contribution in [2.45, 2.75) is 20.8 Å². The van der Waals surface area contributed by atoms with Gasteiger partial charge in [-0.05, 0) is 38.5 Å². The Morgan fingerprint density at radius 2 is 1.92 bits per heavy atom. The monoisotopic (exact) mass is 322 g/mol. The molecule has 24 heavy (non-hydrogen) atoms.